The Morgan fingerprint density at radius 1 is 1.22 bits per heavy atom. The number of aromatic amines is 1. The molecule has 4 heterocycles. The second-order valence-corrected chi connectivity index (χ2v) is 9.35. The highest BCUT2D eigenvalue weighted by molar-refractivity contribution is 6.00. The number of halogens is 2. The molecule has 10 heteroatoms. The molecule has 0 bridgehead atoms. The Kier molecular flexibility index (Phi) is 5.65. The number of carbonyl (C=O) groups is 1. The molecule has 0 spiro atoms. The summed E-state index contributed by atoms with van der Waals surface area (Å²) in [6.07, 6.45) is 2.28. The molecular formula is C26H25F2N3O5. The third-order valence-corrected chi connectivity index (χ3v) is 7.36. The van der Waals surface area contributed by atoms with Crippen LogP contribution in [-0.2, 0) is 14.3 Å². The first-order valence-electron chi connectivity index (χ1n) is 11.9. The van der Waals surface area contributed by atoms with E-state index in [2.05, 4.69) is 10.2 Å². The van der Waals surface area contributed by atoms with E-state index in [1.807, 2.05) is 10.6 Å². The number of nitrogens with zero attached hydrogens (tertiary/aromatic N) is 2. The van der Waals surface area contributed by atoms with Crippen molar-refractivity contribution < 1.29 is 32.9 Å². The lowest BCUT2D eigenvalue weighted by Gasteiger charge is -2.27. The summed E-state index contributed by atoms with van der Waals surface area (Å²) in [7, 11) is 1.40. The molecule has 188 valence electrons. The summed E-state index contributed by atoms with van der Waals surface area (Å²) >= 11 is 0. The normalized spacial score (nSPS) is 21.0. The van der Waals surface area contributed by atoms with Crippen molar-refractivity contribution in [1.29, 1.82) is 0 Å². The molecule has 4 aromatic rings. The first kappa shape index (κ1) is 22.9. The zero-order chi connectivity index (χ0) is 25.0. The van der Waals surface area contributed by atoms with E-state index < -0.39 is 23.7 Å². The third-order valence-electron chi connectivity index (χ3n) is 7.36. The van der Waals surface area contributed by atoms with Crippen LogP contribution in [0.3, 0.4) is 0 Å². The summed E-state index contributed by atoms with van der Waals surface area (Å²) in [5.41, 5.74) is 3.12. The monoisotopic (exact) mass is 497 g/mol. The van der Waals surface area contributed by atoms with Crippen LogP contribution in [0, 0.1) is 11.6 Å². The van der Waals surface area contributed by atoms with E-state index in [-0.39, 0.29) is 36.1 Å². The van der Waals surface area contributed by atoms with Crippen molar-refractivity contribution in [1.82, 2.24) is 14.8 Å². The number of aromatic nitrogens is 3. The molecule has 36 heavy (non-hydrogen) atoms. The fourth-order valence-corrected chi connectivity index (χ4v) is 5.70. The van der Waals surface area contributed by atoms with Crippen molar-refractivity contribution in [2.45, 2.75) is 37.2 Å². The van der Waals surface area contributed by atoms with Crippen molar-refractivity contribution in [3.8, 4) is 11.4 Å². The fourth-order valence-electron chi connectivity index (χ4n) is 5.70. The Morgan fingerprint density at radius 2 is 2.03 bits per heavy atom. The lowest BCUT2D eigenvalue weighted by molar-refractivity contribution is -0.147. The second kappa shape index (κ2) is 8.86. The molecule has 2 atom stereocenters. The molecule has 0 aliphatic carbocycles. The van der Waals surface area contributed by atoms with Gasteiger partial charge in [0.05, 0.1) is 25.4 Å². The van der Waals surface area contributed by atoms with E-state index in [1.165, 1.54) is 13.2 Å². The van der Waals surface area contributed by atoms with E-state index in [0.29, 0.717) is 35.2 Å². The summed E-state index contributed by atoms with van der Waals surface area (Å²) in [5.74, 6) is -2.21. The van der Waals surface area contributed by atoms with Crippen LogP contribution in [-0.4, -0.2) is 58.9 Å². The Balaban J connectivity index is 1.70. The molecule has 0 saturated carbocycles. The van der Waals surface area contributed by atoms with E-state index in [0.717, 1.165) is 24.1 Å². The minimum Gasteiger partial charge on any atom is -0.494 e. The lowest BCUT2D eigenvalue weighted by atomic mass is 9.86. The molecule has 2 fully saturated rings. The van der Waals surface area contributed by atoms with Crippen LogP contribution in [0.1, 0.15) is 42.4 Å². The summed E-state index contributed by atoms with van der Waals surface area (Å²) in [6.45, 7) is 1.29. The van der Waals surface area contributed by atoms with Gasteiger partial charge in [0.1, 0.15) is 5.52 Å². The van der Waals surface area contributed by atoms with Gasteiger partial charge in [0, 0.05) is 53.3 Å². The van der Waals surface area contributed by atoms with Crippen LogP contribution < -0.4 is 4.74 Å². The van der Waals surface area contributed by atoms with Crippen molar-refractivity contribution in [3.63, 3.8) is 0 Å². The number of carboxylic acid groups (broad SMARTS) is 1. The molecule has 2 aliphatic rings. The SMILES string of the molecule is COc1cc(-n2c(C3CCOCC3)c([C@H]3COC(C(=O)O)C3)c3c(F)c4[nH]ncc4cc32)ccc1F. The van der Waals surface area contributed by atoms with E-state index >= 15 is 4.39 Å². The zero-order valence-electron chi connectivity index (χ0n) is 19.6. The van der Waals surface area contributed by atoms with Gasteiger partial charge in [0.15, 0.2) is 23.5 Å². The van der Waals surface area contributed by atoms with E-state index in [1.54, 1.807) is 18.3 Å². The van der Waals surface area contributed by atoms with Crippen molar-refractivity contribution in [2.75, 3.05) is 26.9 Å². The van der Waals surface area contributed by atoms with Crippen molar-refractivity contribution in [2.24, 2.45) is 0 Å². The Morgan fingerprint density at radius 3 is 2.75 bits per heavy atom. The van der Waals surface area contributed by atoms with Gasteiger partial charge in [-0.3, -0.25) is 5.10 Å². The molecule has 0 radical (unpaired) electrons. The van der Waals surface area contributed by atoms with Crippen LogP contribution in [0.5, 0.6) is 5.75 Å². The smallest absolute Gasteiger partial charge is 0.332 e. The zero-order valence-corrected chi connectivity index (χ0v) is 19.6. The third kappa shape index (κ3) is 3.55. The van der Waals surface area contributed by atoms with Gasteiger partial charge in [-0.25, -0.2) is 13.6 Å². The van der Waals surface area contributed by atoms with Crippen LogP contribution in [0.25, 0.3) is 27.5 Å². The molecule has 0 amide bonds. The van der Waals surface area contributed by atoms with Crippen LogP contribution >= 0.6 is 0 Å². The topological polar surface area (TPSA) is 98.6 Å². The predicted molar refractivity (Wildman–Crippen MR) is 127 cm³/mol. The molecule has 1 unspecified atom stereocenters. The molecule has 2 N–H and O–H groups in total. The first-order valence-corrected chi connectivity index (χ1v) is 11.9. The predicted octanol–water partition coefficient (Wildman–Crippen LogP) is 4.64. The standard InChI is InChI=1S/C26H25F2N3O5/c1-34-19-10-16(2-3-17(19)27)31-18-8-14-11-29-30-24(14)23(28)22(18)21(15-9-20(26(32)33)36-12-15)25(31)13-4-6-35-7-5-13/h2-3,8,10-11,13,15,20H,4-7,9,12H2,1H3,(H,29,30)(H,32,33)/t15-,20?/m1/s1. The maximum absolute atomic E-state index is 16.2. The minimum absolute atomic E-state index is 0.0249. The molecule has 8 nitrogen and oxygen atoms in total. The number of aliphatic carboxylic acids is 1. The molecule has 6 rings (SSSR count). The number of methoxy groups -OCH3 is 1. The number of nitrogens with one attached hydrogen (secondary N) is 1. The molecule has 2 aromatic heterocycles. The van der Waals surface area contributed by atoms with Gasteiger partial charge in [0.2, 0.25) is 0 Å². The van der Waals surface area contributed by atoms with Crippen LogP contribution in [0.4, 0.5) is 8.78 Å². The van der Waals surface area contributed by atoms with Gasteiger partial charge < -0.3 is 23.9 Å². The number of fused-ring (bicyclic) bond motifs is 2. The van der Waals surface area contributed by atoms with Gasteiger partial charge >= 0.3 is 5.97 Å². The number of hydrogen-bond acceptors (Lipinski definition) is 5. The van der Waals surface area contributed by atoms with Gasteiger partial charge in [-0.2, -0.15) is 5.10 Å². The maximum Gasteiger partial charge on any atom is 0.332 e. The van der Waals surface area contributed by atoms with Crippen LogP contribution in [0.15, 0.2) is 30.5 Å². The highest BCUT2D eigenvalue weighted by Gasteiger charge is 2.38. The quantitative estimate of drug-likeness (QED) is 0.417. The Bertz CT molecular complexity index is 1470. The average Bonchev–Trinajstić information content (AvgIpc) is 3.62. The van der Waals surface area contributed by atoms with Crippen molar-refractivity contribution >= 4 is 27.8 Å². The molecular weight excluding hydrogens is 472 g/mol. The maximum atomic E-state index is 16.2. The van der Waals surface area contributed by atoms with Gasteiger partial charge in [-0.15, -0.1) is 0 Å². The number of benzene rings is 2. The van der Waals surface area contributed by atoms with E-state index in [4.69, 9.17) is 14.2 Å². The largest absolute Gasteiger partial charge is 0.494 e. The van der Waals surface area contributed by atoms with Crippen molar-refractivity contribution in [3.05, 3.63) is 53.4 Å². The molecule has 2 aromatic carbocycles. The number of ether oxygens (including phenoxy) is 3. The van der Waals surface area contributed by atoms with Gasteiger partial charge in [-0.1, -0.05) is 0 Å². The highest BCUT2D eigenvalue weighted by Crippen LogP contribution is 2.46. The Hall–Kier alpha value is -3.50. The number of H-pyrrole nitrogens is 1. The lowest BCUT2D eigenvalue weighted by Crippen LogP contribution is -2.20. The van der Waals surface area contributed by atoms with Gasteiger partial charge in [0.25, 0.3) is 0 Å². The minimum atomic E-state index is -1.03. The second-order valence-electron chi connectivity index (χ2n) is 9.35. The molecule has 2 saturated heterocycles. The fraction of sp³-hybridized carbons (Fsp3) is 0.385. The number of rotatable bonds is 5. The number of carboxylic acids is 1. The Labute approximate surface area is 204 Å². The first-order chi connectivity index (χ1) is 17.5. The summed E-state index contributed by atoms with van der Waals surface area (Å²) in [4.78, 5) is 11.7. The summed E-state index contributed by atoms with van der Waals surface area (Å²) in [5, 5.41) is 17.3. The highest BCUT2D eigenvalue weighted by atomic mass is 19.1. The molecule has 2 aliphatic heterocycles. The van der Waals surface area contributed by atoms with E-state index in [9.17, 15) is 14.3 Å². The summed E-state index contributed by atoms with van der Waals surface area (Å²) < 4.78 is 49.0. The van der Waals surface area contributed by atoms with Crippen LogP contribution in [0.2, 0.25) is 0 Å². The number of hydrogen-bond donors (Lipinski definition) is 2. The van der Waals surface area contributed by atoms with Gasteiger partial charge in [-0.05, 0) is 43.0 Å². The summed E-state index contributed by atoms with van der Waals surface area (Å²) in [6, 6.07) is 6.44. The average molecular weight is 497 g/mol.